The summed E-state index contributed by atoms with van der Waals surface area (Å²) >= 11 is 0. The maximum Gasteiger partial charge on any atom is 0.327 e. The fourth-order valence-corrected chi connectivity index (χ4v) is 1.47. The monoisotopic (exact) mass is 195 g/mol. The van der Waals surface area contributed by atoms with Crippen LogP contribution in [-0.4, -0.2) is 34.3 Å². The average molecular weight is 195 g/mol. The summed E-state index contributed by atoms with van der Waals surface area (Å²) in [4.78, 5) is 15.4. The molecule has 2 rings (SSSR count). The predicted molar refractivity (Wildman–Crippen MR) is 50.0 cm³/mol. The Kier molecular flexibility index (Phi) is 2.25. The summed E-state index contributed by atoms with van der Waals surface area (Å²) in [7, 11) is 0. The second kappa shape index (κ2) is 3.42. The molecule has 2 heterocycles. The number of rotatable bonds is 1. The Morgan fingerprint density at radius 1 is 1.71 bits per heavy atom. The molecule has 1 N–H and O–H groups in total. The highest BCUT2D eigenvalue weighted by atomic mass is 16.5. The Morgan fingerprint density at radius 3 is 3.14 bits per heavy atom. The number of ether oxygens (including phenoxy) is 1. The van der Waals surface area contributed by atoms with E-state index in [1.54, 1.807) is 12.4 Å². The Hall–Kier alpha value is -1.36. The standard InChI is InChI=1S/C9H13N3O2/c1-9(2-5-14-6-9)11-8(13)12-4-3-10-7-12/h3-4,7H,2,5-6H2,1H3,(H,11,13). The number of carbonyl (C=O) groups excluding carboxylic acids is 1. The van der Waals surface area contributed by atoms with Gasteiger partial charge in [0.2, 0.25) is 0 Å². The molecular weight excluding hydrogens is 182 g/mol. The minimum Gasteiger partial charge on any atom is -0.379 e. The van der Waals surface area contributed by atoms with Crippen LogP contribution in [0.3, 0.4) is 0 Å². The molecule has 1 aliphatic heterocycles. The number of nitrogens with zero attached hydrogens (tertiary/aromatic N) is 2. The van der Waals surface area contributed by atoms with Crippen molar-refractivity contribution in [3.05, 3.63) is 18.7 Å². The van der Waals surface area contributed by atoms with E-state index in [0.717, 1.165) is 6.42 Å². The van der Waals surface area contributed by atoms with Gasteiger partial charge in [-0.2, -0.15) is 0 Å². The molecule has 0 saturated carbocycles. The van der Waals surface area contributed by atoms with E-state index < -0.39 is 0 Å². The fourth-order valence-electron chi connectivity index (χ4n) is 1.47. The number of hydrogen-bond acceptors (Lipinski definition) is 3. The van der Waals surface area contributed by atoms with Gasteiger partial charge in [-0.05, 0) is 13.3 Å². The highest BCUT2D eigenvalue weighted by molar-refractivity contribution is 5.77. The summed E-state index contributed by atoms with van der Waals surface area (Å²) in [6.07, 6.45) is 5.53. The van der Waals surface area contributed by atoms with Crippen LogP contribution < -0.4 is 5.32 Å². The molecule has 5 nitrogen and oxygen atoms in total. The van der Waals surface area contributed by atoms with Gasteiger partial charge < -0.3 is 10.1 Å². The Balaban J connectivity index is 2.01. The molecule has 76 valence electrons. The smallest absolute Gasteiger partial charge is 0.327 e. The van der Waals surface area contributed by atoms with Gasteiger partial charge in [0.25, 0.3) is 0 Å². The highest BCUT2D eigenvalue weighted by Crippen LogP contribution is 2.17. The van der Waals surface area contributed by atoms with Gasteiger partial charge in [0.15, 0.2) is 0 Å². The molecule has 1 aromatic rings. The molecule has 0 radical (unpaired) electrons. The number of hydrogen-bond donors (Lipinski definition) is 1. The van der Waals surface area contributed by atoms with E-state index in [9.17, 15) is 4.79 Å². The van der Waals surface area contributed by atoms with Crippen molar-refractivity contribution in [1.82, 2.24) is 14.9 Å². The predicted octanol–water partition coefficient (Wildman–Crippen LogP) is 0.620. The molecule has 1 aliphatic rings. The average Bonchev–Trinajstić information content (AvgIpc) is 2.74. The summed E-state index contributed by atoms with van der Waals surface area (Å²) in [5.74, 6) is 0. The van der Waals surface area contributed by atoms with Crippen LogP contribution in [0.1, 0.15) is 13.3 Å². The summed E-state index contributed by atoms with van der Waals surface area (Å²) in [5.41, 5.74) is -0.235. The number of nitrogens with one attached hydrogen (secondary N) is 1. The van der Waals surface area contributed by atoms with Crippen molar-refractivity contribution in [2.75, 3.05) is 13.2 Å². The van der Waals surface area contributed by atoms with Crippen molar-refractivity contribution in [2.24, 2.45) is 0 Å². The van der Waals surface area contributed by atoms with Crippen molar-refractivity contribution in [3.8, 4) is 0 Å². The zero-order valence-corrected chi connectivity index (χ0v) is 8.06. The molecule has 0 bridgehead atoms. The second-order valence-electron chi connectivity index (χ2n) is 3.76. The molecule has 1 unspecified atom stereocenters. The van der Waals surface area contributed by atoms with Gasteiger partial charge in [0, 0.05) is 19.0 Å². The van der Waals surface area contributed by atoms with Crippen LogP contribution in [0.2, 0.25) is 0 Å². The summed E-state index contributed by atoms with van der Waals surface area (Å²) in [5, 5.41) is 2.92. The lowest BCUT2D eigenvalue weighted by Crippen LogP contribution is -2.47. The van der Waals surface area contributed by atoms with Gasteiger partial charge in [0.1, 0.15) is 6.33 Å². The number of aromatic nitrogens is 2. The van der Waals surface area contributed by atoms with Crippen LogP contribution in [-0.2, 0) is 4.74 Å². The molecular formula is C9H13N3O2. The lowest BCUT2D eigenvalue weighted by molar-refractivity contribution is 0.171. The van der Waals surface area contributed by atoms with E-state index in [1.165, 1.54) is 10.9 Å². The zero-order valence-electron chi connectivity index (χ0n) is 8.06. The third kappa shape index (κ3) is 1.77. The number of carbonyl (C=O) groups is 1. The quantitative estimate of drug-likeness (QED) is 0.714. The number of amides is 1. The van der Waals surface area contributed by atoms with Gasteiger partial charge in [-0.25, -0.2) is 9.78 Å². The SMILES string of the molecule is CC1(NC(=O)n2ccnc2)CCOC1. The maximum atomic E-state index is 11.6. The van der Waals surface area contributed by atoms with Gasteiger partial charge in [-0.15, -0.1) is 0 Å². The van der Waals surface area contributed by atoms with Gasteiger partial charge in [-0.1, -0.05) is 0 Å². The third-order valence-electron chi connectivity index (χ3n) is 2.37. The molecule has 0 aliphatic carbocycles. The van der Waals surface area contributed by atoms with E-state index >= 15 is 0 Å². The molecule has 1 aromatic heterocycles. The summed E-state index contributed by atoms with van der Waals surface area (Å²) in [6, 6.07) is -0.157. The topological polar surface area (TPSA) is 56.2 Å². The summed E-state index contributed by atoms with van der Waals surface area (Å²) in [6.45, 7) is 3.27. The molecule has 5 heteroatoms. The normalized spacial score (nSPS) is 26.4. The van der Waals surface area contributed by atoms with Gasteiger partial charge >= 0.3 is 6.03 Å². The van der Waals surface area contributed by atoms with Crippen molar-refractivity contribution >= 4 is 6.03 Å². The van der Waals surface area contributed by atoms with Gasteiger partial charge in [0.05, 0.1) is 12.1 Å². The molecule has 0 aromatic carbocycles. The van der Waals surface area contributed by atoms with Crippen LogP contribution in [0.15, 0.2) is 18.7 Å². The maximum absolute atomic E-state index is 11.6. The van der Waals surface area contributed by atoms with E-state index in [4.69, 9.17) is 4.74 Å². The van der Waals surface area contributed by atoms with Crippen molar-refractivity contribution in [3.63, 3.8) is 0 Å². The van der Waals surface area contributed by atoms with E-state index in [2.05, 4.69) is 10.3 Å². The van der Waals surface area contributed by atoms with Crippen LogP contribution >= 0.6 is 0 Å². The van der Waals surface area contributed by atoms with Crippen LogP contribution in [0, 0.1) is 0 Å². The lowest BCUT2D eigenvalue weighted by atomic mass is 10.0. The van der Waals surface area contributed by atoms with Crippen LogP contribution in [0.25, 0.3) is 0 Å². The first kappa shape index (κ1) is 9.21. The molecule has 0 spiro atoms. The third-order valence-corrected chi connectivity index (χ3v) is 2.37. The Labute approximate surface area is 82.1 Å². The first-order valence-corrected chi connectivity index (χ1v) is 4.58. The first-order valence-electron chi connectivity index (χ1n) is 4.58. The fraction of sp³-hybridized carbons (Fsp3) is 0.556. The minimum atomic E-state index is -0.235. The molecule has 14 heavy (non-hydrogen) atoms. The molecule has 1 fully saturated rings. The van der Waals surface area contributed by atoms with Crippen LogP contribution in [0.4, 0.5) is 4.79 Å². The summed E-state index contributed by atoms with van der Waals surface area (Å²) < 4.78 is 6.66. The first-order chi connectivity index (χ1) is 6.70. The van der Waals surface area contributed by atoms with Crippen LogP contribution in [0.5, 0.6) is 0 Å². The van der Waals surface area contributed by atoms with Crippen molar-refractivity contribution in [2.45, 2.75) is 18.9 Å². The van der Waals surface area contributed by atoms with Crippen molar-refractivity contribution < 1.29 is 9.53 Å². The number of imidazole rings is 1. The molecule has 1 atom stereocenters. The zero-order chi connectivity index (χ0) is 10.0. The minimum absolute atomic E-state index is 0.157. The Bertz CT molecular complexity index is 315. The Morgan fingerprint density at radius 2 is 2.57 bits per heavy atom. The molecule has 1 saturated heterocycles. The molecule has 1 amide bonds. The van der Waals surface area contributed by atoms with E-state index in [0.29, 0.717) is 13.2 Å². The van der Waals surface area contributed by atoms with E-state index in [1.807, 2.05) is 6.92 Å². The highest BCUT2D eigenvalue weighted by Gasteiger charge is 2.31. The van der Waals surface area contributed by atoms with E-state index in [-0.39, 0.29) is 11.6 Å². The van der Waals surface area contributed by atoms with Gasteiger partial charge in [-0.3, -0.25) is 4.57 Å². The van der Waals surface area contributed by atoms with Crippen molar-refractivity contribution in [1.29, 1.82) is 0 Å². The lowest BCUT2D eigenvalue weighted by Gasteiger charge is -2.23. The second-order valence-corrected chi connectivity index (χ2v) is 3.76. The largest absolute Gasteiger partial charge is 0.379 e.